The molecule has 2 rings (SSSR count). The van der Waals surface area contributed by atoms with E-state index in [-0.39, 0.29) is 11.9 Å². The van der Waals surface area contributed by atoms with Crippen molar-refractivity contribution >= 4 is 0 Å². The van der Waals surface area contributed by atoms with Gasteiger partial charge < -0.3 is 5.32 Å². The van der Waals surface area contributed by atoms with E-state index in [9.17, 15) is 4.39 Å². The molecule has 0 bridgehead atoms. The SMILES string of the molecule is CCNC(c1cc(C)cc(F)c1)c1cn[nH]n1. The van der Waals surface area contributed by atoms with Crippen molar-refractivity contribution < 1.29 is 4.39 Å². The van der Waals surface area contributed by atoms with E-state index in [1.54, 1.807) is 6.20 Å². The molecule has 0 spiro atoms. The lowest BCUT2D eigenvalue weighted by Gasteiger charge is -2.16. The Balaban J connectivity index is 2.38. The lowest BCUT2D eigenvalue weighted by Crippen LogP contribution is -2.22. The Morgan fingerprint density at radius 1 is 1.41 bits per heavy atom. The molecule has 90 valence electrons. The maximum Gasteiger partial charge on any atom is 0.123 e. The molecule has 0 radical (unpaired) electrons. The molecule has 0 aliphatic rings. The zero-order chi connectivity index (χ0) is 12.3. The van der Waals surface area contributed by atoms with Crippen molar-refractivity contribution in [1.82, 2.24) is 20.7 Å². The molecule has 0 aliphatic heterocycles. The third kappa shape index (κ3) is 2.68. The highest BCUT2D eigenvalue weighted by Gasteiger charge is 2.16. The van der Waals surface area contributed by atoms with Crippen LogP contribution in [0.15, 0.2) is 24.4 Å². The van der Waals surface area contributed by atoms with E-state index in [1.807, 2.05) is 19.9 Å². The number of hydrogen-bond donors (Lipinski definition) is 2. The minimum Gasteiger partial charge on any atom is -0.305 e. The van der Waals surface area contributed by atoms with Crippen molar-refractivity contribution in [1.29, 1.82) is 0 Å². The highest BCUT2D eigenvalue weighted by atomic mass is 19.1. The third-order valence-electron chi connectivity index (χ3n) is 2.54. The zero-order valence-electron chi connectivity index (χ0n) is 9.87. The van der Waals surface area contributed by atoms with Crippen molar-refractivity contribution in [2.24, 2.45) is 0 Å². The average molecular weight is 234 g/mol. The van der Waals surface area contributed by atoms with Gasteiger partial charge in [-0.05, 0) is 36.7 Å². The van der Waals surface area contributed by atoms with Gasteiger partial charge in [-0.1, -0.05) is 13.0 Å². The van der Waals surface area contributed by atoms with Gasteiger partial charge in [0.25, 0.3) is 0 Å². The van der Waals surface area contributed by atoms with Gasteiger partial charge in [0, 0.05) is 0 Å². The molecule has 0 amide bonds. The maximum absolute atomic E-state index is 13.4. The van der Waals surface area contributed by atoms with Gasteiger partial charge in [-0.3, -0.25) is 0 Å². The van der Waals surface area contributed by atoms with E-state index in [0.29, 0.717) is 0 Å². The first kappa shape index (κ1) is 11.7. The molecule has 0 fully saturated rings. The molecule has 5 heteroatoms. The number of rotatable bonds is 4. The summed E-state index contributed by atoms with van der Waals surface area (Å²) in [5.41, 5.74) is 2.52. The Morgan fingerprint density at radius 3 is 2.82 bits per heavy atom. The second-order valence-electron chi connectivity index (χ2n) is 3.95. The number of aromatic nitrogens is 3. The molecule has 1 aromatic carbocycles. The Bertz CT molecular complexity index is 461. The summed E-state index contributed by atoms with van der Waals surface area (Å²) in [6, 6.07) is 4.85. The van der Waals surface area contributed by atoms with Crippen LogP contribution in [0.5, 0.6) is 0 Å². The normalized spacial score (nSPS) is 12.6. The van der Waals surface area contributed by atoms with Gasteiger partial charge in [0.05, 0.1) is 12.2 Å². The summed E-state index contributed by atoms with van der Waals surface area (Å²) in [6.07, 6.45) is 1.65. The fourth-order valence-electron chi connectivity index (χ4n) is 1.88. The van der Waals surface area contributed by atoms with Crippen LogP contribution < -0.4 is 5.32 Å². The van der Waals surface area contributed by atoms with Crippen LogP contribution in [-0.2, 0) is 0 Å². The molecule has 17 heavy (non-hydrogen) atoms. The number of hydrogen-bond acceptors (Lipinski definition) is 3. The predicted octanol–water partition coefficient (Wildman–Crippen LogP) is 1.95. The number of nitrogens with one attached hydrogen (secondary N) is 2. The van der Waals surface area contributed by atoms with Crippen molar-refractivity contribution in [3.63, 3.8) is 0 Å². The molecule has 2 aromatic rings. The monoisotopic (exact) mass is 234 g/mol. The molecule has 0 saturated carbocycles. The number of nitrogens with zero attached hydrogens (tertiary/aromatic N) is 2. The van der Waals surface area contributed by atoms with Crippen molar-refractivity contribution in [2.45, 2.75) is 19.9 Å². The Labute approximate surface area is 99.2 Å². The largest absolute Gasteiger partial charge is 0.305 e. The standard InChI is InChI=1S/C12H15FN4/c1-3-14-12(11-7-15-17-16-11)9-4-8(2)5-10(13)6-9/h4-7,12,14H,3H2,1-2H3,(H,15,16,17). The van der Waals surface area contributed by atoms with Gasteiger partial charge in [-0.2, -0.15) is 15.4 Å². The number of H-pyrrole nitrogens is 1. The summed E-state index contributed by atoms with van der Waals surface area (Å²) in [5.74, 6) is -0.230. The smallest absolute Gasteiger partial charge is 0.123 e. The molecule has 0 aliphatic carbocycles. The number of aryl methyl sites for hydroxylation is 1. The fraction of sp³-hybridized carbons (Fsp3) is 0.333. The quantitative estimate of drug-likeness (QED) is 0.850. The van der Waals surface area contributed by atoms with E-state index in [1.165, 1.54) is 12.1 Å². The van der Waals surface area contributed by atoms with E-state index in [0.717, 1.165) is 23.4 Å². The minimum absolute atomic E-state index is 0.131. The van der Waals surface area contributed by atoms with Gasteiger partial charge in [-0.25, -0.2) is 4.39 Å². The Morgan fingerprint density at radius 2 is 2.24 bits per heavy atom. The lowest BCUT2D eigenvalue weighted by atomic mass is 10.0. The molecular formula is C12H15FN4. The van der Waals surface area contributed by atoms with Crippen LogP contribution in [0.25, 0.3) is 0 Å². The second kappa shape index (κ2) is 5.05. The van der Waals surface area contributed by atoms with Crippen LogP contribution in [-0.4, -0.2) is 22.0 Å². The summed E-state index contributed by atoms with van der Waals surface area (Å²) >= 11 is 0. The van der Waals surface area contributed by atoms with Gasteiger partial charge in [-0.15, -0.1) is 0 Å². The molecule has 1 heterocycles. The lowest BCUT2D eigenvalue weighted by molar-refractivity contribution is 0.593. The Hall–Kier alpha value is -1.75. The fourth-order valence-corrected chi connectivity index (χ4v) is 1.88. The Kier molecular flexibility index (Phi) is 3.49. The third-order valence-corrected chi connectivity index (χ3v) is 2.54. The molecule has 1 atom stereocenters. The van der Waals surface area contributed by atoms with E-state index >= 15 is 0 Å². The van der Waals surface area contributed by atoms with Crippen LogP contribution in [0.2, 0.25) is 0 Å². The van der Waals surface area contributed by atoms with Crippen LogP contribution in [0.1, 0.15) is 29.8 Å². The van der Waals surface area contributed by atoms with Gasteiger partial charge in [0.2, 0.25) is 0 Å². The summed E-state index contributed by atoms with van der Waals surface area (Å²) < 4.78 is 13.4. The summed E-state index contributed by atoms with van der Waals surface area (Å²) in [4.78, 5) is 0. The molecule has 2 N–H and O–H groups in total. The first-order valence-corrected chi connectivity index (χ1v) is 5.57. The average Bonchev–Trinajstić information content (AvgIpc) is 2.77. The summed E-state index contributed by atoms with van der Waals surface area (Å²) in [5, 5.41) is 13.7. The van der Waals surface area contributed by atoms with Crippen molar-refractivity contribution in [3.05, 3.63) is 47.0 Å². The molecule has 4 nitrogen and oxygen atoms in total. The van der Waals surface area contributed by atoms with Crippen LogP contribution in [0.3, 0.4) is 0 Å². The van der Waals surface area contributed by atoms with E-state index in [2.05, 4.69) is 20.7 Å². The van der Waals surface area contributed by atoms with E-state index < -0.39 is 0 Å². The van der Waals surface area contributed by atoms with Gasteiger partial charge >= 0.3 is 0 Å². The predicted molar refractivity (Wildman–Crippen MR) is 63.0 cm³/mol. The molecule has 1 unspecified atom stereocenters. The van der Waals surface area contributed by atoms with E-state index in [4.69, 9.17) is 0 Å². The summed E-state index contributed by atoms with van der Waals surface area (Å²) in [7, 11) is 0. The van der Waals surface area contributed by atoms with Crippen molar-refractivity contribution in [3.8, 4) is 0 Å². The summed E-state index contributed by atoms with van der Waals surface area (Å²) in [6.45, 7) is 4.64. The molecular weight excluding hydrogens is 219 g/mol. The maximum atomic E-state index is 13.4. The molecule has 0 saturated heterocycles. The first-order valence-electron chi connectivity index (χ1n) is 5.57. The highest BCUT2D eigenvalue weighted by molar-refractivity contribution is 5.30. The number of aromatic amines is 1. The first-order chi connectivity index (χ1) is 8.20. The van der Waals surface area contributed by atoms with Crippen LogP contribution in [0, 0.1) is 12.7 Å². The second-order valence-corrected chi connectivity index (χ2v) is 3.95. The van der Waals surface area contributed by atoms with Crippen molar-refractivity contribution in [2.75, 3.05) is 6.54 Å². The highest BCUT2D eigenvalue weighted by Crippen LogP contribution is 2.21. The van der Waals surface area contributed by atoms with Gasteiger partial charge in [0.15, 0.2) is 0 Å². The van der Waals surface area contributed by atoms with Crippen LogP contribution >= 0.6 is 0 Å². The number of halogens is 1. The van der Waals surface area contributed by atoms with Crippen LogP contribution in [0.4, 0.5) is 4.39 Å². The van der Waals surface area contributed by atoms with Gasteiger partial charge in [0.1, 0.15) is 11.5 Å². The minimum atomic E-state index is -0.230. The zero-order valence-corrected chi connectivity index (χ0v) is 9.87. The topological polar surface area (TPSA) is 53.6 Å². The molecule has 1 aromatic heterocycles. The number of benzene rings is 1.